The van der Waals surface area contributed by atoms with Gasteiger partial charge < -0.3 is 15.0 Å². The molecule has 0 saturated heterocycles. The fraction of sp³-hybridized carbons (Fsp3) is 0.444. The van der Waals surface area contributed by atoms with E-state index >= 15 is 0 Å². The normalized spacial score (nSPS) is 10.9. The molecule has 2 N–H and O–H groups in total. The fourth-order valence-corrected chi connectivity index (χ4v) is 1.48. The smallest absolute Gasteiger partial charge is 0.309 e. The summed E-state index contributed by atoms with van der Waals surface area (Å²) in [6.45, 7) is 0.703. The van der Waals surface area contributed by atoms with Gasteiger partial charge in [-0.15, -0.1) is 0 Å². The summed E-state index contributed by atoms with van der Waals surface area (Å²) in [6, 6.07) is 1.79. The summed E-state index contributed by atoms with van der Waals surface area (Å²) >= 11 is 5.90. The molecule has 1 rings (SSSR count). The van der Waals surface area contributed by atoms with Crippen LogP contribution in [0.4, 0.5) is 0 Å². The molecule has 1 aromatic rings. The molecule has 0 fully saturated rings. The number of carboxylic acid groups (broad SMARTS) is 1. The number of carboxylic acids is 1. The zero-order valence-electron chi connectivity index (χ0n) is 8.17. The predicted octanol–water partition coefficient (Wildman–Crippen LogP) is 1.36. The number of nitrogens with zero attached hydrogens (tertiary/aromatic N) is 1. The maximum absolute atomic E-state index is 10.4. The molecular formula is C9H13ClN2O2. The lowest BCUT2D eigenvalue weighted by Crippen LogP contribution is -2.10. The molecule has 0 unspecified atom stereocenters. The molecule has 0 aromatic carbocycles. The Kier molecular flexibility index (Phi) is 3.55. The van der Waals surface area contributed by atoms with Crippen LogP contribution in [-0.4, -0.2) is 35.1 Å². The van der Waals surface area contributed by atoms with Gasteiger partial charge in [0, 0.05) is 17.8 Å². The molecule has 0 spiro atoms. The van der Waals surface area contributed by atoms with Crippen molar-refractivity contribution < 1.29 is 9.90 Å². The lowest BCUT2D eigenvalue weighted by molar-refractivity contribution is -0.136. The van der Waals surface area contributed by atoms with Gasteiger partial charge in [-0.05, 0) is 20.2 Å². The molecule has 0 saturated carbocycles. The number of aliphatic carboxylic acids is 1. The van der Waals surface area contributed by atoms with Gasteiger partial charge in [-0.3, -0.25) is 4.79 Å². The molecule has 4 nitrogen and oxygen atoms in total. The van der Waals surface area contributed by atoms with Crippen molar-refractivity contribution in [3.8, 4) is 0 Å². The van der Waals surface area contributed by atoms with E-state index < -0.39 is 5.97 Å². The molecule has 14 heavy (non-hydrogen) atoms. The first-order valence-electron chi connectivity index (χ1n) is 4.22. The molecule has 0 amide bonds. The summed E-state index contributed by atoms with van der Waals surface area (Å²) in [5, 5.41) is 9.10. The van der Waals surface area contributed by atoms with E-state index in [2.05, 4.69) is 4.98 Å². The van der Waals surface area contributed by atoms with Crippen molar-refractivity contribution in [1.82, 2.24) is 9.88 Å². The third kappa shape index (κ3) is 3.05. The summed E-state index contributed by atoms with van der Waals surface area (Å²) in [4.78, 5) is 15.2. The van der Waals surface area contributed by atoms with Crippen molar-refractivity contribution in [2.45, 2.75) is 13.0 Å². The number of aromatic nitrogens is 1. The number of nitrogens with one attached hydrogen (secondary N) is 1. The molecule has 1 aromatic heterocycles. The van der Waals surface area contributed by atoms with Crippen LogP contribution in [0.15, 0.2) is 6.07 Å². The van der Waals surface area contributed by atoms with Gasteiger partial charge in [0.2, 0.25) is 0 Å². The predicted molar refractivity (Wildman–Crippen MR) is 54.5 cm³/mol. The van der Waals surface area contributed by atoms with Gasteiger partial charge in [-0.2, -0.15) is 0 Å². The first-order valence-corrected chi connectivity index (χ1v) is 4.59. The van der Waals surface area contributed by atoms with Crippen LogP contribution in [-0.2, 0) is 17.8 Å². The highest BCUT2D eigenvalue weighted by molar-refractivity contribution is 6.30. The third-order valence-electron chi connectivity index (χ3n) is 1.73. The number of halogens is 1. The molecule has 0 aliphatic carbocycles. The van der Waals surface area contributed by atoms with E-state index in [4.69, 9.17) is 16.7 Å². The van der Waals surface area contributed by atoms with Crippen molar-refractivity contribution in [1.29, 1.82) is 0 Å². The molecule has 1 heterocycles. The zero-order valence-corrected chi connectivity index (χ0v) is 8.93. The Hall–Kier alpha value is -1.00. The lowest BCUT2D eigenvalue weighted by atomic mass is 10.2. The second kappa shape index (κ2) is 4.48. The summed E-state index contributed by atoms with van der Waals surface area (Å²) in [7, 11) is 3.86. The van der Waals surface area contributed by atoms with Crippen molar-refractivity contribution in [2.75, 3.05) is 14.1 Å². The van der Waals surface area contributed by atoms with Gasteiger partial charge in [-0.25, -0.2) is 0 Å². The summed E-state index contributed by atoms with van der Waals surface area (Å²) < 4.78 is 0. The molecule has 0 aliphatic heterocycles. The quantitative estimate of drug-likeness (QED) is 0.799. The monoisotopic (exact) mass is 216 g/mol. The number of carbonyl (C=O) groups is 1. The Labute approximate surface area is 87.5 Å². The molecule has 0 atom stereocenters. The third-order valence-corrected chi connectivity index (χ3v) is 2.07. The number of hydrogen-bond donors (Lipinski definition) is 2. The Morgan fingerprint density at radius 1 is 1.64 bits per heavy atom. The standard InChI is InChI=1S/C9H13ClN2O2/c1-12(2)5-6-3-7(4-8(13)14)11-9(6)10/h3,11H,4-5H2,1-2H3,(H,13,14). The summed E-state index contributed by atoms with van der Waals surface area (Å²) in [5.41, 5.74) is 1.56. The SMILES string of the molecule is CN(C)Cc1cc(CC(=O)O)[nH]c1Cl. The molecule has 0 aliphatic rings. The van der Waals surface area contributed by atoms with Gasteiger partial charge in [0.05, 0.1) is 6.42 Å². The van der Waals surface area contributed by atoms with Crippen molar-refractivity contribution in [2.24, 2.45) is 0 Å². The zero-order chi connectivity index (χ0) is 10.7. The second-order valence-corrected chi connectivity index (χ2v) is 3.82. The summed E-state index contributed by atoms with van der Waals surface area (Å²) in [5.74, 6) is -0.862. The Bertz CT molecular complexity index is 334. The Balaban J connectivity index is 2.76. The van der Waals surface area contributed by atoms with Crippen LogP contribution < -0.4 is 0 Å². The highest BCUT2D eigenvalue weighted by Crippen LogP contribution is 2.18. The highest BCUT2D eigenvalue weighted by atomic mass is 35.5. The van der Waals surface area contributed by atoms with E-state index in [1.165, 1.54) is 0 Å². The Morgan fingerprint density at radius 2 is 2.29 bits per heavy atom. The molecular weight excluding hydrogens is 204 g/mol. The first-order chi connectivity index (χ1) is 6.49. The van der Waals surface area contributed by atoms with E-state index in [1.54, 1.807) is 6.07 Å². The van der Waals surface area contributed by atoms with Gasteiger partial charge in [0.1, 0.15) is 5.15 Å². The minimum atomic E-state index is -0.862. The molecule has 0 bridgehead atoms. The number of rotatable bonds is 4. The summed E-state index contributed by atoms with van der Waals surface area (Å²) in [6.07, 6.45) is -0.0207. The van der Waals surface area contributed by atoms with Crippen molar-refractivity contribution >= 4 is 17.6 Å². The highest BCUT2D eigenvalue weighted by Gasteiger charge is 2.09. The fourth-order valence-electron chi connectivity index (χ4n) is 1.24. The largest absolute Gasteiger partial charge is 0.481 e. The average molecular weight is 217 g/mol. The minimum absolute atomic E-state index is 0.0207. The van der Waals surface area contributed by atoms with E-state index in [0.717, 1.165) is 5.56 Å². The van der Waals surface area contributed by atoms with Gasteiger partial charge in [0.15, 0.2) is 0 Å². The van der Waals surface area contributed by atoms with Crippen LogP contribution in [0.5, 0.6) is 0 Å². The van der Waals surface area contributed by atoms with Crippen LogP contribution >= 0.6 is 11.6 Å². The number of aromatic amines is 1. The van der Waals surface area contributed by atoms with Crippen molar-refractivity contribution in [3.63, 3.8) is 0 Å². The van der Waals surface area contributed by atoms with Gasteiger partial charge in [-0.1, -0.05) is 11.6 Å². The van der Waals surface area contributed by atoms with Crippen LogP contribution in [0.3, 0.4) is 0 Å². The lowest BCUT2D eigenvalue weighted by Gasteiger charge is -2.07. The second-order valence-electron chi connectivity index (χ2n) is 3.44. The van der Waals surface area contributed by atoms with Crippen LogP contribution in [0.2, 0.25) is 5.15 Å². The van der Waals surface area contributed by atoms with E-state index in [1.807, 2.05) is 19.0 Å². The molecule has 0 radical (unpaired) electrons. The minimum Gasteiger partial charge on any atom is -0.481 e. The Morgan fingerprint density at radius 3 is 2.79 bits per heavy atom. The molecule has 5 heteroatoms. The molecule has 78 valence electrons. The first kappa shape index (κ1) is 11.1. The number of H-pyrrole nitrogens is 1. The van der Waals surface area contributed by atoms with Gasteiger partial charge in [0.25, 0.3) is 0 Å². The topological polar surface area (TPSA) is 56.3 Å². The van der Waals surface area contributed by atoms with E-state index in [9.17, 15) is 4.79 Å². The van der Waals surface area contributed by atoms with E-state index in [0.29, 0.717) is 17.4 Å². The van der Waals surface area contributed by atoms with Crippen LogP contribution in [0, 0.1) is 0 Å². The van der Waals surface area contributed by atoms with Gasteiger partial charge >= 0.3 is 5.97 Å². The maximum Gasteiger partial charge on any atom is 0.309 e. The van der Waals surface area contributed by atoms with Crippen LogP contribution in [0.1, 0.15) is 11.3 Å². The maximum atomic E-state index is 10.4. The average Bonchev–Trinajstić information content (AvgIpc) is 2.28. The van der Waals surface area contributed by atoms with E-state index in [-0.39, 0.29) is 6.42 Å². The van der Waals surface area contributed by atoms with Crippen molar-refractivity contribution in [3.05, 3.63) is 22.5 Å². The van der Waals surface area contributed by atoms with Crippen LogP contribution in [0.25, 0.3) is 0 Å². The number of hydrogen-bond acceptors (Lipinski definition) is 2.